The average molecular weight is 266 g/mol. The number of aromatic nitrogens is 1. The molecule has 1 heterocycles. The summed E-state index contributed by atoms with van der Waals surface area (Å²) in [5.74, 6) is -1.09. The van der Waals surface area contributed by atoms with Crippen LogP contribution in [0, 0.1) is 13.8 Å². The number of carbonyl (C=O) groups excluding carboxylic acids is 1. The smallest absolute Gasteiger partial charge is 0.412 e. The van der Waals surface area contributed by atoms with Gasteiger partial charge in [-0.1, -0.05) is 0 Å². The van der Waals surface area contributed by atoms with Crippen molar-refractivity contribution in [2.45, 2.75) is 40.2 Å². The van der Waals surface area contributed by atoms with E-state index in [4.69, 9.17) is 9.84 Å². The van der Waals surface area contributed by atoms with Crippen molar-refractivity contribution in [2.24, 2.45) is 0 Å². The summed E-state index contributed by atoms with van der Waals surface area (Å²) in [6.07, 6.45) is -0.597. The molecule has 0 spiro atoms. The van der Waals surface area contributed by atoms with Crippen LogP contribution in [0.25, 0.3) is 0 Å². The molecule has 0 aliphatic rings. The van der Waals surface area contributed by atoms with Crippen molar-refractivity contribution in [3.05, 3.63) is 23.0 Å². The summed E-state index contributed by atoms with van der Waals surface area (Å²) < 4.78 is 5.12. The number of anilines is 1. The first-order valence-corrected chi connectivity index (χ1v) is 5.81. The number of hydrogen-bond acceptors (Lipinski definition) is 4. The van der Waals surface area contributed by atoms with Gasteiger partial charge in [0, 0.05) is 0 Å². The third kappa shape index (κ3) is 4.24. The number of carboxylic acids is 1. The average Bonchev–Trinajstić information content (AvgIpc) is 2.19. The summed E-state index contributed by atoms with van der Waals surface area (Å²) in [6.45, 7) is 8.53. The Morgan fingerprint density at radius 2 is 1.89 bits per heavy atom. The molecule has 0 saturated carbocycles. The molecule has 0 radical (unpaired) electrons. The summed E-state index contributed by atoms with van der Waals surface area (Å²) >= 11 is 0. The van der Waals surface area contributed by atoms with Crippen LogP contribution < -0.4 is 5.32 Å². The van der Waals surface area contributed by atoms with E-state index >= 15 is 0 Å². The molecule has 104 valence electrons. The van der Waals surface area contributed by atoms with Gasteiger partial charge in [0.2, 0.25) is 0 Å². The third-order valence-electron chi connectivity index (χ3n) is 2.24. The number of nitrogens with zero attached hydrogens (tertiary/aromatic N) is 1. The highest BCUT2D eigenvalue weighted by Gasteiger charge is 2.18. The lowest BCUT2D eigenvalue weighted by Crippen LogP contribution is -2.27. The zero-order chi connectivity index (χ0) is 14.8. The van der Waals surface area contributed by atoms with Gasteiger partial charge in [0.15, 0.2) is 5.69 Å². The first kappa shape index (κ1) is 14.9. The van der Waals surface area contributed by atoms with Gasteiger partial charge in [-0.15, -0.1) is 0 Å². The molecular formula is C13H18N2O4. The van der Waals surface area contributed by atoms with Gasteiger partial charge in [-0.3, -0.25) is 5.32 Å². The molecule has 0 bridgehead atoms. The number of pyridine rings is 1. The van der Waals surface area contributed by atoms with Crippen LogP contribution in [0.3, 0.4) is 0 Å². The summed E-state index contributed by atoms with van der Waals surface area (Å²) in [7, 11) is 0. The minimum absolute atomic E-state index is 0.0211. The van der Waals surface area contributed by atoms with E-state index in [1.165, 1.54) is 0 Å². The van der Waals surface area contributed by atoms with Crippen LogP contribution in [-0.4, -0.2) is 27.8 Å². The van der Waals surface area contributed by atoms with Crippen LogP contribution in [0.2, 0.25) is 0 Å². The van der Waals surface area contributed by atoms with E-state index in [2.05, 4.69) is 10.3 Å². The number of carboxylic acid groups (broad SMARTS) is 1. The van der Waals surface area contributed by atoms with E-state index in [-0.39, 0.29) is 5.69 Å². The Morgan fingerprint density at radius 3 is 2.37 bits per heavy atom. The molecule has 1 aromatic rings. The van der Waals surface area contributed by atoms with E-state index in [0.717, 1.165) is 0 Å². The number of rotatable bonds is 2. The van der Waals surface area contributed by atoms with E-state index < -0.39 is 17.7 Å². The lowest BCUT2D eigenvalue weighted by Gasteiger charge is -2.20. The van der Waals surface area contributed by atoms with Crippen LogP contribution in [0.15, 0.2) is 6.07 Å². The van der Waals surface area contributed by atoms with E-state index in [0.29, 0.717) is 16.9 Å². The zero-order valence-electron chi connectivity index (χ0n) is 11.7. The predicted molar refractivity (Wildman–Crippen MR) is 70.5 cm³/mol. The molecule has 0 aromatic carbocycles. The zero-order valence-corrected chi connectivity index (χ0v) is 11.7. The highest BCUT2D eigenvalue weighted by Crippen LogP contribution is 2.18. The Balaban J connectivity index is 2.95. The van der Waals surface area contributed by atoms with Crippen molar-refractivity contribution < 1.29 is 19.4 Å². The van der Waals surface area contributed by atoms with Gasteiger partial charge in [0.05, 0.1) is 11.4 Å². The molecule has 6 heteroatoms. The van der Waals surface area contributed by atoms with Crippen LogP contribution in [0.4, 0.5) is 10.5 Å². The number of aryl methyl sites for hydroxylation is 2. The molecule has 0 aliphatic carbocycles. The molecule has 0 aliphatic heterocycles. The molecular weight excluding hydrogens is 248 g/mol. The van der Waals surface area contributed by atoms with Crippen molar-refractivity contribution in [1.82, 2.24) is 4.98 Å². The Hall–Kier alpha value is -2.11. The lowest BCUT2D eigenvalue weighted by atomic mass is 10.1. The molecule has 2 N–H and O–H groups in total. The Morgan fingerprint density at radius 1 is 1.32 bits per heavy atom. The topological polar surface area (TPSA) is 88.5 Å². The number of amides is 1. The third-order valence-corrected chi connectivity index (χ3v) is 2.24. The SMILES string of the molecule is Cc1cc(NC(=O)OC(C)(C)C)c(C)nc1C(=O)O. The van der Waals surface area contributed by atoms with Gasteiger partial charge in [0.1, 0.15) is 5.60 Å². The maximum Gasteiger partial charge on any atom is 0.412 e. The highest BCUT2D eigenvalue weighted by atomic mass is 16.6. The monoisotopic (exact) mass is 266 g/mol. The number of hydrogen-bond donors (Lipinski definition) is 2. The van der Waals surface area contributed by atoms with Crippen LogP contribution in [0.1, 0.15) is 42.5 Å². The Labute approximate surface area is 111 Å². The highest BCUT2D eigenvalue weighted by molar-refractivity contribution is 5.90. The second-order valence-corrected chi connectivity index (χ2v) is 5.22. The number of nitrogens with one attached hydrogen (secondary N) is 1. The molecule has 0 fully saturated rings. The van der Waals surface area contributed by atoms with Crippen molar-refractivity contribution in [3.63, 3.8) is 0 Å². The van der Waals surface area contributed by atoms with Crippen molar-refractivity contribution >= 4 is 17.7 Å². The van der Waals surface area contributed by atoms with Crippen LogP contribution in [-0.2, 0) is 4.74 Å². The second kappa shape index (κ2) is 5.26. The summed E-state index contributed by atoms with van der Waals surface area (Å²) in [6, 6.07) is 1.57. The van der Waals surface area contributed by atoms with Crippen LogP contribution >= 0.6 is 0 Å². The van der Waals surface area contributed by atoms with Gasteiger partial charge < -0.3 is 9.84 Å². The normalized spacial score (nSPS) is 11.0. The number of carbonyl (C=O) groups is 2. The number of ether oxygens (including phenoxy) is 1. The van der Waals surface area contributed by atoms with Gasteiger partial charge in [-0.2, -0.15) is 0 Å². The first-order valence-electron chi connectivity index (χ1n) is 5.81. The molecule has 0 atom stereocenters. The lowest BCUT2D eigenvalue weighted by molar-refractivity contribution is 0.0634. The molecule has 0 unspecified atom stereocenters. The van der Waals surface area contributed by atoms with Crippen molar-refractivity contribution in [2.75, 3.05) is 5.32 Å². The fourth-order valence-electron chi connectivity index (χ4n) is 1.46. The predicted octanol–water partition coefficient (Wildman–Crippen LogP) is 2.74. The van der Waals surface area contributed by atoms with E-state index in [1.54, 1.807) is 40.7 Å². The van der Waals surface area contributed by atoms with Gasteiger partial charge >= 0.3 is 12.1 Å². The Bertz CT molecular complexity index is 518. The Kier molecular flexibility index (Phi) is 4.14. The second-order valence-electron chi connectivity index (χ2n) is 5.22. The largest absolute Gasteiger partial charge is 0.477 e. The van der Waals surface area contributed by atoms with Crippen molar-refractivity contribution in [1.29, 1.82) is 0 Å². The van der Waals surface area contributed by atoms with E-state index in [9.17, 15) is 9.59 Å². The minimum Gasteiger partial charge on any atom is -0.477 e. The molecule has 1 rings (SSSR count). The molecule has 19 heavy (non-hydrogen) atoms. The van der Waals surface area contributed by atoms with Gasteiger partial charge in [-0.25, -0.2) is 14.6 Å². The molecule has 1 aromatic heterocycles. The molecule has 6 nitrogen and oxygen atoms in total. The summed E-state index contributed by atoms with van der Waals surface area (Å²) in [4.78, 5) is 26.5. The molecule has 0 saturated heterocycles. The first-order chi connectivity index (χ1) is 8.60. The standard InChI is InChI=1S/C13H18N2O4/c1-7-6-9(8(2)14-10(7)11(16)17)15-12(18)19-13(3,4)5/h6H,1-5H3,(H,15,18)(H,16,17). The summed E-state index contributed by atoms with van der Waals surface area (Å²) in [5.41, 5.74) is 0.726. The quantitative estimate of drug-likeness (QED) is 0.859. The fourth-order valence-corrected chi connectivity index (χ4v) is 1.46. The minimum atomic E-state index is -1.09. The maximum atomic E-state index is 11.6. The maximum absolute atomic E-state index is 11.6. The van der Waals surface area contributed by atoms with E-state index in [1.807, 2.05) is 0 Å². The summed E-state index contributed by atoms with van der Waals surface area (Å²) in [5, 5.41) is 11.5. The van der Waals surface area contributed by atoms with Crippen molar-refractivity contribution in [3.8, 4) is 0 Å². The van der Waals surface area contributed by atoms with Gasteiger partial charge in [0.25, 0.3) is 0 Å². The molecule has 1 amide bonds. The number of aromatic carboxylic acids is 1. The fraction of sp³-hybridized carbons (Fsp3) is 0.462. The van der Waals surface area contributed by atoms with Crippen LogP contribution in [0.5, 0.6) is 0 Å². The van der Waals surface area contributed by atoms with Gasteiger partial charge in [-0.05, 0) is 46.2 Å².